The fourth-order valence-electron chi connectivity index (χ4n) is 2.94. The smallest absolute Gasteiger partial charge is 0.261 e. The lowest BCUT2D eigenvalue weighted by atomic mass is 10.2. The van der Waals surface area contributed by atoms with Gasteiger partial charge in [0.25, 0.3) is 5.91 Å². The zero-order chi connectivity index (χ0) is 19.1. The van der Waals surface area contributed by atoms with Gasteiger partial charge in [0.1, 0.15) is 0 Å². The Balaban J connectivity index is 1.50. The molecule has 6 heteroatoms. The first-order chi connectivity index (χ1) is 13.2. The zero-order valence-corrected chi connectivity index (χ0v) is 15.8. The maximum Gasteiger partial charge on any atom is 0.261 e. The number of morpholine rings is 1. The average Bonchev–Trinajstić information content (AvgIpc) is 2.73. The normalized spacial score (nSPS) is 15.1. The Morgan fingerprint density at radius 3 is 2.44 bits per heavy atom. The monoisotopic (exact) mass is 370 g/mol. The molecule has 144 valence electrons. The second kappa shape index (κ2) is 9.28. The van der Waals surface area contributed by atoms with Crippen LogP contribution in [0.5, 0.6) is 11.5 Å². The Hall–Kier alpha value is -2.73. The second-order valence-corrected chi connectivity index (χ2v) is 6.39. The number of hydrogen-bond donors (Lipinski definition) is 1. The number of amides is 1. The molecule has 1 atom stereocenters. The van der Waals surface area contributed by atoms with Crippen LogP contribution in [0.1, 0.15) is 12.5 Å². The van der Waals surface area contributed by atoms with E-state index in [1.165, 1.54) is 5.69 Å². The second-order valence-electron chi connectivity index (χ2n) is 6.39. The molecule has 0 bridgehead atoms. The molecule has 2 aromatic carbocycles. The number of hydrogen-bond acceptors (Lipinski definition) is 5. The minimum Gasteiger partial charge on any atom is -0.493 e. The minimum atomic E-state index is -0.617. The number of methoxy groups -OCH3 is 1. The summed E-state index contributed by atoms with van der Waals surface area (Å²) >= 11 is 0. The predicted octanol–water partition coefficient (Wildman–Crippen LogP) is 2.62. The van der Waals surface area contributed by atoms with Crippen LogP contribution in [-0.4, -0.2) is 45.4 Å². The lowest BCUT2D eigenvalue weighted by molar-refractivity contribution is -0.127. The quantitative estimate of drug-likeness (QED) is 0.812. The van der Waals surface area contributed by atoms with Gasteiger partial charge < -0.3 is 24.4 Å². The third-order valence-corrected chi connectivity index (χ3v) is 4.52. The van der Waals surface area contributed by atoms with Crippen molar-refractivity contribution in [3.8, 4) is 11.5 Å². The van der Waals surface area contributed by atoms with Crippen molar-refractivity contribution < 1.29 is 19.0 Å². The topological polar surface area (TPSA) is 60.0 Å². The molecule has 1 heterocycles. The summed E-state index contributed by atoms with van der Waals surface area (Å²) < 4.78 is 16.4. The largest absolute Gasteiger partial charge is 0.493 e. The summed E-state index contributed by atoms with van der Waals surface area (Å²) in [6, 6.07) is 15.5. The van der Waals surface area contributed by atoms with Gasteiger partial charge in [-0.3, -0.25) is 4.79 Å². The number of nitrogens with one attached hydrogen (secondary N) is 1. The van der Waals surface area contributed by atoms with E-state index in [4.69, 9.17) is 14.2 Å². The van der Waals surface area contributed by atoms with E-state index in [-0.39, 0.29) is 5.91 Å². The number of nitrogens with zero attached hydrogens (tertiary/aromatic N) is 1. The highest BCUT2D eigenvalue weighted by atomic mass is 16.5. The summed E-state index contributed by atoms with van der Waals surface area (Å²) in [6.45, 7) is 5.54. The van der Waals surface area contributed by atoms with Crippen LogP contribution in [-0.2, 0) is 16.1 Å². The summed E-state index contributed by atoms with van der Waals surface area (Å²) in [5, 5.41) is 2.92. The lowest BCUT2D eigenvalue weighted by Gasteiger charge is -2.28. The molecule has 2 aromatic rings. The Morgan fingerprint density at radius 2 is 1.78 bits per heavy atom. The van der Waals surface area contributed by atoms with Gasteiger partial charge in [0, 0.05) is 25.3 Å². The van der Waals surface area contributed by atoms with Crippen molar-refractivity contribution in [3.05, 3.63) is 54.1 Å². The summed E-state index contributed by atoms with van der Waals surface area (Å²) in [4.78, 5) is 14.6. The maximum absolute atomic E-state index is 12.3. The van der Waals surface area contributed by atoms with Crippen LogP contribution < -0.4 is 19.7 Å². The van der Waals surface area contributed by atoms with Gasteiger partial charge in [-0.25, -0.2) is 0 Å². The van der Waals surface area contributed by atoms with Crippen LogP contribution >= 0.6 is 0 Å². The maximum atomic E-state index is 12.3. The molecule has 1 saturated heterocycles. The number of carbonyl (C=O) groups excluding carboxylic acids is 1. The van der Waals surface area contributed by atoms with E-state index in [1.807, 2.05) is 24.3 Å². The van der Waals surface area contributed by atoms with Crippen molar-refractivity contribution in [3.63, 3.8) is 0 Å². The van der Waals surface area contributed by atoms with E-state index >= 15 is 0 Å². The van der Waals surface area contributed by atoms with Crippen LogP contribution in [0.4, 0.5) is 5.69 Å². The van der Waals surface area contributed by atoms with E-state index in [0.717, 1.165) is 31.9 Å². The standard InChI is InChI=1S/C21H26N2O4/c1-16(27-20-6-4-3-5-19(20)25-2)21(24)22-15-17-7-9-18(10-8-17)23-11-13-26-14-12-23/h3-10,16H,11-15H2,1-2H3,(H,22,24). The molecule has 1 amide bonds. The molecule has 3 rings (SSSR count). The minimum absolute atomic E-state index is 0.168. The summed E-state index contributed by atoms with van der Waals surface area (Å²) in [7, 11) is 1.58. The molecule has 27 heavy (non-hydrogen) atoms. The van der Waals surface area contributed by atoms with Gasteiger partial charge in [-0.2, -0.15) is 0 Å². The molecule has 1 fully saturated rings. The molecular weight excluding hydrogens is 344 g/mol. The van der Waals surface area contributed by atoms with E-state index in [9.17, 15) is 4.79 Å². The van der Waals surface area contributed by atoms with Crippen molar-refractivity contribution in [1.29, 1.82) is 0 Å². The summed E-state index contributed by atoms with van der Waals surface area (Å²) in [5.74, 6) is 0.992. The number of para-hydroxylation sites is 2. The molecule has 0 radical (unpaired) electrons. The SMILES string of the molecule is COc1ccccc1OC(C)C(=O)NCc1ccc(N2CCOCC2)cc1. The third kappa shape index (κ3) is 5.14. The van der Waals surface area contributed by atoms with Gasteiger partial charge in [0.15, 0.2) is 17.6 Å². The van der Waals surface area contributed by atoms with Gasteiger partial charge in [0.2, 0.25) is 0 Å². The number of carbonyl (C=O) groups is 1. The van der Waals surface area contributed by atoms with Crippen LogP contribution in [0.25, 0.3) is 0 Å². The van der Waals surface area contributed by atoms with E-state index in [1.54, 1.807) is 26.2 Å². The molecule has 1 aliphatic rings. The van der Waals surface area contributed by atoms with Crippen LogP contribution in [0.3, 0.4) is 0 Å². The van der Waals surface area contributed by atoms with E-state index in [2.05, 4.69) is 22.3 Å². The number of rotatable bonds is 7. The first-order valence-corrected chi connectivity index (χ1v) is 9.16. The highest BCUT2D eigenvalue weighted by Crippen LogP contribution is 2.26. The highest BCUT2D eigenvalue weighted by molar-refractivity contribution is 5.80. The van der Waals surface area contributed by atoms with Crippen LogP contribution in [0.15, 0.2) is 48.5 Å². The molecule has 1 aliphatic heterocycles. The number of ether oxygens (including phenoxy) is 3. The van der Waals surface area contributed by atoms with Gasteiger partial charge in [-0.05, 0) is 36.8 Å². The zero-order valence-electron chi connectivity index (χ0n) is 15.8. The highest BCUT2D eigenvalue weighted by Gasteiger charge is 2.16. The number of benzene rings is 2. The van der Waals surface area contributed by atoms with Crippen molar-refractivity contribution in [2.45, 2.75) is 19.6 Å². The first kappa shape index (κ1) is 19.0. The van der Waals surface area contributed by atoms with Crippen LogP contribution in [0.2, 0.25) is 0 Å². The van der Waals surface area contributed by atoms with E-state index in [0.29, 0.717) is 18.0 Å². The van der Waals surface area contributed by atoms with Gasteiger partial charge in [0.05, 0.1) is 20.3 Å². The van der Waals surface area contributed by atoms with Crippen molar-refractivity contribution in [2.24, 2.45) is 0 Å². The molecule has 0 aliphatic carbocycles. The molecule has 1 N–H and O–H groups in total. The Kier molecular flexibility index (Phi) is 6.54. The van der Waals surface area contributed by atoms with Gasteiger partial charge >= 0.3 is 0 Å². The Morgan fingerprint density at radius 1 is 1.11 bits per heavy atom. The van der Waals surface area contributed by atoms with Crippen molar-refractivity contribution in [1.82, 2.24) is 5.32 Å². The first-order valence-electron chi connectivity index (χ1n) is 9.16. The fraction of sp³-hybridized carbons (Fsp3) is 0.381. The Labute approximate surface area is 160 Å². The Bertz CT molecular complexity index is 742. The molecule has 0 aromatic heterocycles. The van der Waals surface area contributed by atoms with E-state index < -0.39 is 6.10 Å². The molecular formula is C21H26N2O4. The predicted molar refractivity (Wildman–Crippen MR) is 104 cm³/mol. The van der Waals surface area contributed by atoms with Gasteiger partial charge in [-0.1, -0.05) is 24.3 Å². The van der Waals surface area contributed by atoms with Crippen molar-refractivity contribution >= 4 is 11.6 Å². The van der Waals surface area contributed by atoms with Crippen LogP contribution in [0, 0.1) is 0 Å². The third-order valence-electron chi connectivity index (χ3n) is 4.52. The fourth-order valence-corrected chi connectivity index (χ4v) is 2.94. The average molecular weight is 370 g/mol. The lowest BCUT2D eigenvalue weighted by Crippen LogP contribution is -2.36. The molecule has 1 unspecified atom stereocenters. The molecule has 0 saturated carbocycles. The van der Waals surface area contributed by atoms with Crippen molar-refractivity contribution in [2.75, 3.05) is 38.3 Å². The molecule has 6 nitrogen and oxygen atoms in total. The number of anilines is 1. The summed E-state index contributed by atoms with van der Waals surface area (Å²) in [6.07, 6.45) is -0.617. The summed E-state index contributed by atoms with van der Waals surface area (Å²) in [5.41, 5.74) is 2.23. The van der Waals surface area contributed by atoms with Gasteiger partial charge in [-0.15, -0.1) is 0 Å². The molecule has 0 spiro atoms.